The highest BCUT2D eigenvalue weighted by Gasteiger charge is 2.11. The van der Waals surface area contributed by atoms with Gasteiger partial charge in [0.05, 0.1) is 0 Å². The Hall–Kier alpha value is -2.40. The molecule has 0 atom stereocenters. The molecule has 1 aromatic carbocycles. The Morgan fingerprint density at radius 3 is 2.58 bits per heavy atom. The normalized spacial score (nSPS) is 10.0. The summed E-state index contributed by atoms with van der Waals surface area (Å²) in [5.74, 6) is 0.596. The maximum Gasteiger partial charge on any atom is 0.327 e. The van der Waals surface area contributed by atoms with E-state index in [9.17, 15) is 4.79 Å². The van der Waals surface area contributed by atoms with E-state index in [4.69, 9.17) is 5.73 Å². The van der Waals surface area contributed by atoms with Gasteiger partial charge >= 0.3 is 6.03 Å². The molecule has 1 heterocycles. The van der Waals surface area contributed by atoms with Gasteiger partial charge in [0.15, 0.2) is 0 Å². The molecule has 5 heteroatoms. The van der Waals surface area contributed by atoms with Crippen molar-refractivity contribution < 1.29 is 4.79 Å². The number of aromatic nitrogens is 1. The standard InChI is InChI=1S/C14H16N4O/c1-18(13-4-2-3-9-16-13)14(19)17-12-7-5-11(10-15)6-8-12/h2-9H,10,15H2,1H3,(H,17,19). The minimum atomic E-state index is -0.237. The minimum Gasteiger partial charge on any atom is -0.326 e. The van der Waals surface area contributed by atoms with Crippen molar-refractivity contribution in [1.29, 1.82) is 0 Å². The second kappa shape index (κ2) is 5.97. The fraction of sp³-hybridized carbons (Fsp3) is 0.143. The number of hydrogen-bond donors (Lipinski definition) is 2. The number of amides is 2. The van der Waals surface area contributed by atoms with E-state index in [1.807, 2.05) is 30.3 Å². The first-order valence-electron chi connectivity index (χ1n) is 5.95. The molecule has 0 bridgehead atoms. The summed E-state index contributed by atoms with van der Waals surface area (Å²) in [6.45, 7) is 0.488. The van der Waals surface area contributed by atoms with Gasteiger partial charge < -0.3 is 11.1 Å². The van der Waals surface area contributed by atoms with Crippen LogP contribution in [0.2, 0.25) is 0 Å². The molecule has 0 saturated heterocycles. The third-order valence-corrected chi connectivity index (χ3v) is 2.74. The quantitative estimate of drug-likeness (QED) is 0.884. The second-order valence-corrected chi connectivity index (χ2v) is 4.08. The number of carbonyl (C=O) groups is 1. The molecule has 5 nitrogen and oxygen atoms in total. The fourth-order valence-corrected chi connectivity index (χ4v) is 1.59. The zero-order chi connectivity index (χ0) is 13.7. The first-order valence-corrected chi connectivity index (χ1v) is 5.95. The van der Waals surface area contributed by atoms with Gasteiger partial charge in [-0.1, -0.05) is 18.2 Å². The molecular formula is C14H16N4O. The molecule has 0 aliphatic heterocycles. The summed E-state index contributed by atoms with van der Waals surface area (Å²) in [5, 5.41) is 2.80. The predicted octanol–water partition coefficient (Wildman–Crippen LogP) is 2.21. The topological polar surface area (TPSA) is 71.2 Å². The maximum atomic E-state index is 12.0. The number of benzene rings is 1. The summed E-state index contributed by atoms with van der Waals surface area (Å²) in [6, 6.07) is 12.6. The highest BCUT2D eigenvalue weighted by molar-refractivity contribution is 6.00. The number of nitrogens with one attached hydrogen (secondary N) is 1. The molecule has 2 rings (SSSR count). The van der Waals surface area contributed by atoms with Gasteiger partial charge in [0.1, 0.15) is 5.82 Å². The van der Waals surface area contributed by atoms with Crippen LogP contribution < -0.4 is 16.0 Å². The Kier molecular flexibility index (Phi) is 4.10. The second-order valence-electron chi connectivity index (χ2n) is 4.08. The molecule has 19 heavy (non-hydrogen) atoms. The zero-order valence-corrected chi connectivity index (χ0v) is 10.7. The van der Waals surface area contributed by atoms with Crippen LogP contribution in [0.5, 0.6) is 0 Å². The lowest BCUT2D eigenvalue weighted by atomic mass is 10.2. The lowest BCUT2D eigenvalue weighted by Gasteiger charge is -2.16. The van der Waals surface area contributed by atoms with Crippen molar-refractivity contribution in [2.45, 2.75) is 6.54 Å². The molecule has 0 saturated carbocycles. The SMILES string of the molecule is CN(C(=O)Nc1ccc(CN)cc1)c1ccccn1. The van der Waals surface area contributed by atoms with Crippen molar-refractivity contribution >= 4 is 17.5 Å². The van der Waals surface area contributed by atoms with Crippen molar-refractivity contribution in [2.75, 3.05) is 17.3 Å². The van der Waals surface area contributed by atoms with Crippen LogP contribution in [0.25, 0.3) is 0 Å². The summed E-state index contributed by atoms with van der Waals surface area (Å²) in [4.78, 5) is 17.6. The van der Waals surface area contributed by atoms with Crippen LogP contribution in [-0.2, 0) is 6.54 Å². The Morgan fingerprint density at radius 1 is 1.26 bits per heavy atom. The van der Waals surface area contributed by atoms with E-state index in [1.165, 1.54) is 4.90 Å². The summed E-state index contributed by atoms with van der Waals surface area (Å²) < 4.78 is 0. The van der Waals surface area contributed by atoms with Crippen molar-refractivity contribution in [3.63, 3.8) is 0 Å². The molecule has 0 fully saturated rings. The van der Waals surface area contributed by atoms with E-state index in [0.29, 0.717) is 12.4 Å². The molecule has 0 radical (unpaired) electrons. The number of nitrogens with zero attached hydrogens (tertiary/aromatic N) is 2. The van der Waals surface area contributed by atoms with Gasteiger partial charge in [0.2, 0.25) is 0 Å². The van der Waals surface area contributed by atoms with Gasteiger partial charge in [-0.2, -0.15) is 0 Å². The summed E-state index contributed by atoms with van der Waals surface area (Å²) in [7, 11) is 1.67. The van der Waals surface area contributed by atoms with E-state index >= 15 is 0 Å². The van der Waals surface area contributed by atoms with E-state index < -0.39 is 0 Å². The molecule has 0 aliphatic carbocycles. The fourth-order valence-electron chi connectivity index (χ4n) is 1.59. The Morgan fingerprint density at radius 2 is 2.00 bits per heavy atom. The van der Waals surface area contributed by atoms with E-state index in [-0.39, 0.29) is 6.03 Å². The van der Waals surface area contributed by atoms with Gasteiger partial charge in [-0.05, 0) is 29.8 Å². The number of carbonyl (C=O) groups excluding carboxylic acids is 1. The molecule has 3 N–H and O–H groups in total. The third kappa shape index (κ3) is 3.29. The van der Waals surface area contributed by atoms with E-state index in [2.05, 4.69) is 10.3 Å². The van der Waals surface area contributed by atoms with Crippen LogP contribution in [0.4, 0.5) is 16.3 Å². The van der Waals surface area contributed by atoms with Gasteiger partial charge in [-0.25, -0.2) is 9.78 Å². The minimum absolute atomic E-state index is 0.237. The lowest BCUT2D eigenvalue weighted by molar-refractivity contribution is 0.258. The average Bonchev–Trinajstić information content (AvgIpc) is 2.48. The van der Waals surface area contributed by atoms with Crippen LogP contribution in [-0.4, -0.2) is 18.1 Å². The van der Waals surface area contributed by atoms with Crippen LogP contribution in [0, 0.1) is 0 Å². The summed E-state index contributed by atoms with van der Waals surface area (Å²) >= 11 is 0. The first-order chi connectivity index (χ1) is 9.20. The van der Waals surface area contributed by atoms with Gasteiger partial charge in [-0.3, -0.25) is 4.90 Å². The maximum absolute atomic E-state index is 12.0. The Bertz CT molecular complexity index is 539. The zero-order valence-electron chi connectivity index (χ0n) is 10.7. The Labute approximate surface area is 112 Å². The van der Waals surface area contributed by atoms with Crippen LogP contribution in [0.15, 0.2) is 48.7 Å². The third-order valence-electron chi connectivity index (χ3n) is 2.74. The van der Waals surface area contributed by atoms with E-state index in [1.54, 1.807) is 25.4 Å². The van der Waals surface area contributed by atoms with E-state index in [0.717, 1.165) is 11.3 Å². The summed E-state index contributed by atoms with van der Waals surface area (Å²) in [6.07, 6.45) is 1.65. The molecule has 2 aromatic rings. The number of rotatable bonds is 3. The number of nitrogens with two attached hydrogens (primary N) is 1. The molecule has 1 aromatic heterocycles. The number of anilines is 2. The largest absolute Gasteiger partial charge is 0.327 e. The van der Waals surface area contributed by atoms with Crippen molar-refractivity contribution in [3.8, 4) is 0 Å². The first kappa shape index (κ1) is 13.0. The molecule has 0 aliphatic rings. The number of urea groups is 1. The number of pyridine rings is 1. The highest BCUT2D eigenvalue weighted by atomic mass is 16.2. The monoisotopic (exact) mass is 256 g/mol. The van der Waals surface area contributed by atoms with Crippen LogP contribution in [0.3, 0.4) is 0 Å². The van der Waals surface area contributed by atoms with Gasteiger partial charge in [0.25, 0.3) is 0 Å². The average molecular weight is 256 g/mol. The van der Waals surface area contributed by atoms with Crippen LogP contribution in [0.1, 0.15) is 5.56 Å². The molecule has 2 amide bonds. The Balaban J connectivity index is 2.04. The van der Waals surface area contributed by atoms with Crippen LogP contribution >= 0.6 is 0 Å². The molecule has 98 valence electrons. The van der Waals surface area contributed by atoms with Gasteiger partial charge in [0, 0.05) is 25.5 Å². The molecular weight excluding hydrogens is 240 g/mol. The summed E-state index contributed by atoms with van der Waals surface area (Å²) in [5.41, 5.74) is 7.27. The smallest absolute Gasteiger partial charge is 0.326 e. The number of hydrogen-bond acceptors (Lipinski definition) is 3. The van der Waals surface area contributed by atoms with Crippen molar-refractivity contribution in [3.05, 3.63) is 54.2 Å². The van der Waals surface area contributed by atoms with Crippen molar-refractivity contribution in [1.82, 2.24) is 4.98 Å². The molecule has 0 spiro atoms. The van der Waals surface area contributed by atoms with Gasteiger partial charge in [-0.15, -0.1) is 0 Å². The highest BCUT2D eigenvalue weighted by Crippen LogP contribution is 2.12. The van der Waals surface area contributed by atoms with Crippen molar-refractivity contribution in [2.24, 2.45) is 5.73 Å². The molecule has 0 unspecified atom stereocenters. The predicted molar refractivity (Wildman–Crippen MR) is 76.0 cm³/mol. The lowest BCUT2D eigenvalue weighted by Crippen LogP contribution is -2.31.